The summed E-state index contributed by atoms with van der Waals surface area (Å²) in [5, 5.41) is 0. The molecule has 29 heavy (non-hydrogen) atoms. The average Bonchev–Trinajstić information content (AvgIpc) is 2.74. The van der Waals surface area contributed by atoms with Gasteiger partial charge < -0.3 is 4.74 Å². The number of hydrogen-bond donors (Lipinski definition) is 0. The molecule has 3 saturated carbocycles. The van der Waals surface area contributed by atoms with Gasteiger partial charge in [0.1, 0.15) is 6.10 Å². The Balaban J connectivity index is 1.36. The molecule has 3 fully saturated rings. The highest BCUT2D eigenvalue weighted by Gasteiger charge is 2.37. The summed E-state index contributed by atoms with van der Waals surface area (Å²) in [5.41, 5.74) is 0. The van der Waals surface area contributed by atoms with Gasteiger partial charge in [0.15, 0.2) is 0 Å². The monoisotopic (exact) mass is 404 g/mol. The minimum absolute atomic E-state index is 0.138. The van der Waals surface area contributed by atoms with E-state index >= 15 is 0 Å². The van der Waals surface area contributed by atoms with Gasteiger partial charge >= 0.3 is 5.97 Å². The zero-order valence-corrected chi connectivity index (χ0v) is 19.7. The molecule has 0 aromatic carbocycles. The summed E-state index contributed by atoms with van der Waals surface area (Å²) in [5.74, 6) is 4.86. The predicted octanol–water partition coefficient (Wildman–Crippen LogP) is 7.94. The lowest BCUT2D eigenvalue weighted by atomic mass is 9.64. The molecule has 0 aromatic rings. The molecule has 3 rings (SSSR count). The van der Waals surface area contributed by atoms with Gasteiger partial charge in [-0.2, -0.15) is 0 Å². The molecule has 0 saturated heterocycles. The molecule has 0 N–H and O–H groups in total. The second-order valence-electron chi connectivity index (χ2n) is 10.9. The summed E-state index contributed by atoms with van der Waals surface area (Å²) in [6.07, 6.45) is 20.8. The maximum atomic E-state index is 12.7. The maximum absolute atomic E-state index is 12.7. The second-order valence-corrected chi connectivity index (χ2v) is 10.9. The molecule has 3 atom stereocenters. The second kappa shape index (κ2) is 11.8. The average molecular weight is 405 g/mol. The Hall–Kier alpha value is -0.530. The van der Waals surface area contributed by atoms with E-state index in [1.54, 1.807) is 0 Å². The van der Waals surface area contributed by atoms with Gasteiger partial charge in [0, 0.05) is 0 Å². The number of rotatable bonds is 8. The third-order valence-corrected chi connectivity index (χ3v) is 8.79. The Morgan fingerprint density at radius 2 is 1.48 bits per heavy atom. The van der Waals surface area contributed by atoms with Crippen LogP contribution in [0.25, 0.3) is 0 Å². The first-order valence-corrected chi connectivity index (χ1v) is 13.3. The molecule has 0 radical (unpaired) electrons. The van der Waals surface area contributed by atoms with Crippen LogP contribution in [-0.4, -0.2) is 12.1 Å². The smallest absolute Gasteiger partial charge is 0.309 e. The van der Waals surface area contributed by atoms with Crippen molar-refractivity contribution in [3.05, 3.63) is 0 Å². The molecule has 2 nitrogen and oxygen atoms in total. The Kier molecular flexibility index (Phi) is 9.38. The fraction of sp³-hybridized carbons (Fsp3) is 0.963. The minimum atomic E-state index is 0.138. The van der Waals surface area contributed by atoms with Gasteiger partial charge in [-0.1, -0.05) is 59.3 Å². The molecular formula is C27H48O2. The van der Waals surface area contributed by atoms with Crippen molar-refractivity contribution in [1.82, 2.24) is 0 Å². The molecule has 0 aromatic heterocycles. The van der Waals surface area contributed by atoms with E-state index in [9.17, 15) is 4.79 Å². The van der Waals surface area contributed by atoms with Gasteiger partial charge in [-0.15, -0.1) is 0 Å². The SMILES string of the molecule is CCCCC1CCC([C@H]2CC[C@H](C(=O)O[C@H]3CC[C@H](CCC)CC3)CC2)C(C)C1. The van der Waals surface area contributed by atoms with Crippen molar-refractivity contribution >= 4 is 5.97 Å². The normalized spacial score (nSPS) is 38.5. The molecule has 3 aliphatic rings. The van der Waals surface area contributed by atoms with E-state index in [-0.39, 0.29) is 18.0 Å². The van der Waals surface area contributed by atoms with Gasteiger partial charge in [0.2, 0.25) is 0 Å². The van der Waals surface area contributed by atoms with Crippen molar-refractivity contribution in [1.29, 1.82) is 0 Å². The zero-order valence-electron chi connectivity index (χ0n) is 19.7. The molecule has 3 unspecified atom stereocenters. The molecule has 0 bridgehead atoms. The van der Waals surface area contributed by atoms with E-state index < -0.39 is 0 Å². The fourth-order valence-corrected chi connectivity index (χ4v) is 6.98. The van der Waals surface area contributed by atoms with E-state index in [1.165, 1.54) is 77.0 Å². The number of carbonyl (C=O) groups is 1. The van der Waals surface area contributed by atoms with Crippen molar-refractivity contribution in [3.8, 4) is 0 Å². The highest BCUT2D eigenvalue weighted by Crippen LogP contribution is 2.45. The highest BCUT2D eigenvalue weighted by atomic mass is 16.5. The van der Waals surface area contributed by atoms with Gasteiger partial charge in [-0.25, -0.2) is 0 Å². The Morgan fingerprint density at radius 1 is 0.793 bits per heavy atom. The lowest BCUT2D eigenvalue weighted by molar-refractivity contribution is -0.157. The molecule has 0 amide bonds. The standard InChI is InChI=1S/C27H48O2/c1-4-6-8-22-11-18-26(20(3)19-22)23-12-14-24(15-13-23)27(28)29-25-16-9-21(7-5-2)10-17-25/h20-26H,4-19H2,1-3H3/t20?,21-,22?,23-,24-,25-,26?. The van der Waals surface area contributed by atoms with Crippen LogP contribution in [0.4, 0.5) is 0 Å². The summed E-state index contributed by atoms with van der Waals surface area (Å²) >= 11 is 0. The number of esters is 1. The van der Waals surface area contributed by atoms with Crippen molar-refractivity contribution in [2.24, 2.45) is 35.5 Å². The van der Waals surface area contributed by atoms with Crippen LogP contribution in [0.1, 0.15) is 124 Å². The number of ether oxygens (including phenoxy) is 1. The van der Waals surface area contributed by atoms with Crippen LogP contribution in [0.15, 0.2) is 0 Å². The van der Waals surface area contributed by atoms with E-state index in [0.29, 0.717) is 0 Å². The molecular weight excluding hydrogens is 356 g/mol. The quantitative estimate of drug-likeness (QED) is 0.384. The van der Waals surface area contributed by atoms with Crippen molar-refractivity contribution < 1.29 is 9.53 Å². The largest absolute Gasteiger partial charge is 0.462 e. The van der Waals surface area contributed by atoms with E-state index in [1.807, 2.05) is 0 Å². The topological polar surface area (TPSA) is 26.3 Å². The molecule has 0 heterocycles. The summed E-state index contributed by atoms with van der Waals surface area (Å²) in [6, 6.07) is 0. The predicted molar refractivity (Wildman–Crippen MR) is 122 cm³/mol. The molecule has 2 heteroatoms. The molecule has 0 aliphatic heterocycles. The first kappa shape index (κ1) is 23.1. The molecule has 0 spiro atoms. The molecule has 168 valence electrons. The highest BCUT2D eigenvalue weighted by molar-refractivity contribution is 5.72. The van der Waals surface area contributed by atoms with Gasteiger partial charge in [-0.05, 0) is 93.8 Å². The minimum Gasteiger partial charge on any atom is -0.462 e. The first-order valence-electron chi connectivity index (χ1n) is 13.3. The number of carbonyl (C=O) groups excluding carboxylic acids is 1. The van der Waals surface area contributed by atoms with Crippen LogP contribution in [-0.2, 0) is 9.53 Å². The molecule has 3 aliphatic carbocycles. The third-order valence-electron chi connectivity index (χ3n) is 8.79. The van der Waals surface area contributed by atoms with Crippen LogP contribution in [0.3, 0.4) is 0 Å². The van der Waals surface area contributed by atoms with Crippen molar-refractivity contribution in [2.75, 3.05) is 0 Å². The summed E-state index contributed by atoms with van der Waals surface area (Å²) in [7, 11) is 0. The van der Waals surface area contributed by atoms with Crippen LogP contribution < -0.4 is 0 Å². The van der Waals surface area contributed by atoms with Crippen LogP contribution >= 0.6 is 0 Å². The van der Waals surface area contributed by atoms with Gasteiger partial charge in [-0.3, -0.25) is 4.79 Å². The maximum Gasteiger partial charge on any atom is 0.309 e. The van der Waals surface area contributed by atoms with Crippen molar-refractivity contribution in [2.45, 2.75) is 130 Å². The van der Waals surface area contributed by atoms with Crippen LogP contribution in [0.2, 0.25) is 0 Å². The van der Waals surface area contributed by atoms with Gasteiger partial charge in [0.25, 0.3) is 0 Å². The lowest BCUT2D eigenvalue weighted by Crippen LogP contribution is -2.34. The summed E-state index contributed by atoms with van der Waals surface area (Å²) in [6.45, 7) is 7.11. The fourth-order valence-electron chi connectivity index (χ4n) is 6.98. The number of hydrogen-bond acceptors (Lipinski definition) is 2. The summed E-state index contributed by atoms with van der Waals surface area (Å²) in [4.78, 5) is 12.7. The van der Waals surface area contributed by atoms with Crippen LogP contribution in [0.5, 0.6) is 0 Å². The van der Waals surface area contributed by atoms with Gasteiger partial charge in [0.05, 0.1) is 5.92 Å². The van der Waals surface area contributed by atoms with Crippen LogP contribution in [0, 0.1) is 35.5 Å². The van der Waals surface area contributed by atoms with E-state index in [2.05, 4.69) is 20.8 Å². The Labute approximate surface area is 180 Å². The van der Waals surface area contributed by atoms with Crippen molar-refractivity contribution in [3.63, 3.8) is 0 Å². The van der Waals surface area contributed by atoms with E-state index in [0.717, 1.165) is 55.3 Å². The van der Waals surface area contributed by atoms with E-state index in [4.69, 9.17) is 4.74 Å². The number of unbranched alkanes of at least 4 members (excludes halogenated alkanes) is 1. The summed E-state index contributed by atoms with van der Waals surface area (Å²) < 4.78 is 5.97. The first-order chi connectivity index (χ1) is 14.1. The lowest BCUT2D eigenvalue weighted by Gasteiger charge is -2.41. The zero-order chi connectivity index (χ0) is 20.6. The third kappa shape index (κ3) is 6.73. The Morgan fingerprint density at radius 3 is 2.10 bits per heavy atom. The Bertz CT molecular complexity index is 471.